The van der Waals surface area contributed by atoms with Crippen molar-refractivity contribution in [2.75, 3.05) is 5.75 Å². The van der Waals surface area contributed by atoms with Crippen molar-refractivity contribution in [1.29, 1.82) is 0 Å². The largest absolute Gasteiger partial charge is 0.456 e. The molecule has 0 saturated carbocycles. The Hall–Kier alpha value is -2.08. The van der Waals surface area contributed by atoms with E-state index >= 15 is 0 Å². The van der Waals surface area contributed by atoms with Gasteiger partial charge in [-0.2, -0.15) is 0 Å². The van der Waals surface area contributed by atoms with Crippen molar-refractivity contribution in [3.63, 3.8) is 0 Å². The van der Waals surface area contributed by atoms with Crippen molar-refractivity contribution in [2.24, 2.45) is 0 Å². The Labute approximate surface area is 122 Å². The lowest BCUT2D eigenvalue weighted by Gasteiger charge is -2.25. The maximum absolute atomic E-state index is 12.1. The number of fused-ring (bicyclic) bond motifs is 1. The highest BCUT2D eigenvalue weighted by molar-refractivity contribution is 7.91. The van der Waals surface area contributed by atoms with E-state index in [4.69, 9.17) is 4.42 Å². The number of benzene rings is 1. The molecule has 0 bridgehead atoms. The van der Waals surface area contributed by atoms with Crippen LogP contribution in [0.4, 0.5) is 0 Å². The summed E-state index contributed by atoms with van der Waals surface area (Å²) in [5, 5.41) is 2.85. The predicted molar refractivity (Wildman–Crippen MR) is 76.8 cm³/mol. The zero-order chi connectivity index (χ0) is 15.0. The summed E-state index contributed by atoms with van der Waals surface area (Å²) in [7, 11) is -3.25. The molecule has 110 valence electrons. The maximum atomic E-state index is 12.1. The van der Waals surface area contributed by atoms with Crippen LogP contribution >= 0.6 is 0 Å². The average Bonchev–Trinajstić information content (AvgIpc) is 2.89. The first-order chi connectivity index (χ1) is 9.97. The molecular weight excluding hydrogens is 290 g/mol. The molecule has 1 aromatic carbocycles. The molecule has 0 radical (unpaired) electrons. The summed E-state index contributed by atoms with van der Waals surface area (Å²) in [4.78, 5) is 12.4. The van der Waals surface area contributed by atoms with Crippen molar-refractivity contribution in [1.82, 2.24) is 5.32 Å². The monoisotopic (exact) mass is 305 g/mol. The van der Waals surface area contributed by atoms with Crippen molar-refractivity contribution in [3.8, 4) is 0 Å². The van der Waals surface area contributed by atoms with Crippen LogP contribution < -0.4 is 5.32 Å². The zero-order valence-electron chi connectivity index (χ0n) is 11.5. The highest BCUT2D eigenvalue weighted by Crippen LogP contribution is 2.32. The highest BCUT2D eigenvalue weighted by Gasteiger charge is 2.31. The van der Waals surface area contributed by atoms with E-state index in [1.54, 1.807) is 43.3 Å². The Morgan fingerprint density at radius 3 is 2.71 bits per heavy atom. The fraction of sp³-hybridized carbons (Fsp3) is 0.267. The molecule has 21 heavy (non-hydrogen) atoms. The second-order valence-corrected chi connectivity index (χ2v) is 7.16. The fourth-order valence-electron chi connectivity index (χ4n) is 2.53. The molecule has 2 aromatic rings. The lowest BCUT2D eigenvalue weighted by atomic mass is 10.0. The lowest BCUT2D eigenvalue weighted by Crippen LogP contribution is -2.33. The molecule has 0 saturated heterocycles. The topological polar surface area (TPSA) is 76.4 Å². The van der Waals surface area contributed by atoms with Crippen molar-refractivity contribution in [2.45, 2.75) is 24.3 Å². The summed E-state index contributed by atoms with van der Waals surface area (Å²) in [6, 6.07) is 9.80. The first-order valence-corrected chi connectivity index (χ1v) is 8.31. The standard InChI is InChI=1S/C15H15NO4S/c1-10-6-7-13(20-10)15(17)16-12-8-9-21(18,19)14-5-3-2-4-11(12)14/h2-7,12H,8-9H2,1H3,(H,16,17). The average molecular weight is 305 g/mol. The number of carbonyl (C=O) groups excluding carboxylic acids is 1. The van der Waals surface area contributed by atoms with Gasteiger partial charge in [-0.1, -0.05) is 18.2 Å². The number of carbonyl (C=O) groups is 1. The second kappa shape index (κ2) is 5.04. The van der Waals surface area contributed by atoms with Crippen LogP contribution in [0.3, 0.4) is 0 Å². The van der Waals surface area contributed by atoms with Gasteiger partial charge in [0.1, 0.15) is 5.76 Å². The number of nitrogens with one attached hydrogen (secondary N) is 1. The lowest BCUT2D eigenvalue weighted by molar-refractivity contribution is 0.0905. The van der Waals surface area contributed by atoms with E-state index in [1.807, 2.05) is 0 Å². The number of amides is 1. The second-order valence-electron chi connectivity index (χ2n) is 5.08. The number of hydrogen-bond donors (Lipinski definition) is 1. The van der Waals surface area contributed by atoms with Gasteiger partial charge < -0.3 is 9.73 Å². The van der Waals surface area contributed by atoms with E-state index in [1.165, 1.54) is 0 Å². The third-order valence-electron chi connectivity index (χ3n) is 3.57. The van der Waals surface area contributed by atoms with Crippen LogP contribution in [0.5, 0.6) is 0 Å². The van der Waals surface area contributed by atoms with Crippen LogP contribution in [-0.4, -0.2) is 20.1 Å². The van der Waals surface area contributed by atoms with Gasteiger partial charge in [-0.25, -0.2) is 8.42 Å². The van der Waals surface area contributed by atoms with Crippen LogP contribution in [0.15, 0.2) is 45.7 Å². The minimum absolute atomic E-state index is 0.0339. The number of aryl methyl sites for hydroxylation is 1. The molecule has 1 N–H and O–H groups in total. The molecule has 0 aliphatic carbocycles. The first kappa shape index (κ1) is 13.9. The Morgan fingerprint density at radius 2 is 2.00 bits per heavy atom. The number of furan rings is 1. The van der Waals surface area contributed by atoms with Crippen LogP contribution in [0.2, 0.25) is 0 Å². The first-order valence-electron chi connectivity index (χ1n) is 6.66. The van der Waals surface area contributed by atoms with Gasteiger partial charge in [-0.15, -0.1) is 0 Å². The summed E-state index contributed by atoms with van der Waals surface area (Å²) >= 11 is 0. The van der Waals surface area contributed by atoms with Crippen molar-refractivity contribution in [3.05, 3.63) is 53.5 Å². The number of rotatable bonds is 2. The highest BCUT2D eigenvalue weighted by atomic mass is 32.2. The molecule has 1 atom stereocenters. The van der Waals surface area contributed by atoms with Gasteiger partial charge in [0.2, 0.25) is 0 Å². The zero-order valence-corrected chi connectivity index (χ0v) is 12.3. The molecule has 3 rings (SSSR count). The summed E-state index contributed by atoms with van der Waals surface area (Å²) in [5.41, 5.74) is 0.639. The van der Waals surface area contributed by atoms with Crippen molar-refractivity contribution >= 4 is 15.7 Å². The molecule has 1 aliphatic rings. The van der Waals surface area contributed by atoms with Gasteiger partial charge in [0.05, 0.1) is 16.7 Å². The molecule has 1 aromatic heterocycles. The molecule has 0 spiro atoms. The van der Waals surface area contributed by atoms with E-state index < -0.39 is 9.84 Å². The van der Waals surface area contributed by atoms with Crippen molar-refractivity contribution < 1.29 is 17.6 Å². The van der Waals surface area contributed by atoms with Crippen LogP contribution in [0.1, 0.15) is 34.3 Å². The minimum Gasteiger partial charge on any atom is -0.456 e. The molecule has 1 unspecified atom stereocenters. The summed E-state index contributed by atoms with van der Waals surface area (Å²) < 4.78 is 29.4. The Bertz CT molecular complexity index is 792. The molecule has 6 heteroatoms. The van der Waals surface area contributed by atoms with E-state index in [0.717, 1.165) is 0 Å². The van der Waals surface area contributed by atoms with Crippen LogP contribution in [0, 0.1) is 6.92 Å². The third kappa shape index (κ3) is 2.58. The third-order valence-corrected chi connectivity index (χ3v) is 5.39. The summed E-state index contributed by atoms with van der Waals surface area (Å²) in [6.07, 6.45) is 0.366. The van der Waals surface area contributed by atoms with E-state index in [9.17, 15) is 13.2 Å². The smallest absolute Gasteiger partial charge is 0.287 e. The summed E-state index contributed by atoms with van der Waals surface area (Å²) in [5.74, 6) is 0.596. The normalized spacial score (nSPS) is 19.8. The van der Waals surface area contributed by atoms with Gasteiger partial charge in [0, 0.05) is 0 Å². The predicted octanol–water partition coefficient (Wildman–Crippen LogP) is 2.24. The molecule has 1 aliphatic heterocycles. The Morgan fingerprint density at radius 1 is 1.24 bits per heavy atom. The van der Waals surface area contributed by atoms with E-state index in [-0.39, 0.29) is 23.5 Å². The van der Waals surface area contributed by atoms with E-state index in [0.29, 0.717) is 22.6 Å². The molecular formula is C15H15NO4S. The van der Waals surface area contributed by atoms with Gasteiger partial charge in [0.15, 0.2) is 15.6 Å². The Balaban J connectivity index is 1.89. The molecule has 5 nitrogen and oxygen atoms in total. The molecule has 2 heterocycles. The number of sulfone groups is 1. The molecule has 0 fully saturated rings. The maximum Gasteiger partial charge on any atom is 0.287 e. The van der Waals surface area contributed by atoms with Crippen LogP contribution in [0.25, 0.3) is 0 Å². The van der Waals surface area contributed by atoms with Gasteiger partial charge in [0.25, 0.3) is 5.91 Å². The van der Waals surface area contributed by atoms with Gasteiger partial charge >= 0.3 is 0 Å². The minimum atomic E-state index is -3.25. The number of hydrogen-bond acceptors (Lipinski definition) is 4. The van der Waals surface area contributed by atoms with Crippen LogP contribution in [-0.2, 0) is 9.84 Å². The fourth-order valence-corrected chi connectivity index (χ4v) is 4.15. The Kier molecular flexibility index (Phi) is 3.33. The van der Waals surface area contributed by atoms with Gasteiger partial charge in [-0.05, 0) is 37.1 Å². The van der Waals surface area contributed by atoms with Gasteiger partial charge in [-0.3, -0.25) is 4.79 Å². The SMILES string of the molecule is Cc1ccc(C(=O)NC2CCS(=O)(=O)c3ccccc32)o1. The van der Waals surface area contributed by atoms with E-state index in [2.05, 4.69) is 5.32 Å². The summed E-state index contributed by atoms with van der Waals surface area (Å²) in [6.45, 7) is 1.76. The quantitative estimate of drug-likeness (QED) is 0.923. The molecule has 1 amide bonds.